The van der Waals surface area contributed by atoms with Gasteiger partial charge in [0.05, 0.1) is 5.92 Å². The summed E-state index contributed by atoms with van der Waals surface area (Å²) < 4.78 is 18.1. The molecule has 1 aliphatic rings. The topological polar surface area (TPSA) is 50.8 Å². The molecule has 1 unspecified atom stereocenters. The van der Waals surface area contributed by atoms with Gasteiger partial charge >= 0.3 is 0 Å². The molecule has 0 aromatic heterocycles. The second kappa shape index (κ2) is 9.37. The van der Waals surface area contributed by atoms with Crippen LogP contribution in [0.1, 0.15) is 31.2 Å². The lowest BCUT2D eigenvalue weighted by atomic mass is 10.00. The molecule has 27 heavy (non-hydrogen) atoms. The van der Waals surface area contributed by atoms with Gasteiger partial charge in [-0.2, -0.15) is 0 Å². The number of hydrogen-bond acceptors (Lipinski definition) is 4. The van der Waals surface area contributed by atoms with Crippen LogP contribution in [0, 0.1) is 0 Å². The standard InChI is InChI=1S/C21H25FN2O3/c1-16(21(25)23-10-13-24-11-2-3-12-24)17-6-4-7-18(14-17)26-19-8-5-9-20(15-19)27-22/h4-9,14-16H,2-3,10-13H2,1H3,(H,23,25). The fourth-order valence-corrected chi connectivity index (χ4v) is 3.22. The van der Waals surface area contributed by atoms with Gasteiger partial charge in [-0.1, -0.05) is 18.2 Å². The molecule has 0 spiro atoms. The van der Waals surface area contributed by atoms with Crippen molar-refractivity contribution in [2.75, 3.05) is 26.2 Å². The van der Waals surface area contributed by atoms with E-state index in [1.807, 2.05) is 25.1 Å². The molecule has 0 bridgehead atoms. The average Bonchev–Trinajstić information content (AvgIpc) is 3.21. The number of ether oxygens (including phenoxy) is 1. The third-order valence-electron chi connectivity index (χ3n) is 4.81. The van der Waals surface area contributed by atoms with Crippen LogP contribution >= 0.6 is 0 Å². The number of amides is 1. The van der Waals surface area contributed by atoms with E-state index in [4.69, 9.17) is 4.74 Å². The molecule has 6 heteroatoms. The summed E-state index contributed by atoms with van der Waals surface area (Å²) in [5.41, 5.74) is 0.865. The molecule has 1 fully saturated rings. The summed E-state index contributed by atoms with van der Waals surface area (Å²) in [6, 6.07) is 13.7. The van der Waals surface area contributed by atoms with E-state index in [1.54, 1.807) is 18.2 Å². The van der Waals surface area contributed by atoms with E-state index in [1.165, 1.54) is 25.0 Å². The van der Waals surface area contributed by atoms with E-state index in [-0.39, 0.29) is 17.6 Å². The minimum absolute atomic E-state index is 0.000765. The Balaban J connectivity index is 1.57. The van der Waals surface area contributed by atoms with Crippen LogP contribution in [-0.2, 0) is 4.79 Å². The van der Waals surface area contributed by atoms with Gasteiger partial charge in [0, 0.05) is 23.7 Å². The summed E-state index contributed by atoms with van der Waals surface area (Å²) in [7, 11) is 0. The second-order valence-corrected chi connectivity index (χ2v) is 6.79. The summed E-state index contributed by atoms with van der Waals surface area (Å²) in [4.78, 5) is 18.5. The first kappa shape index (κ1) is 19.2. The summed E-state index contributed by atoms with van der Waals surface area (Å²) in [6.45, 7) is 5.69. The summed E-state index contributed by atoms with van der Waals surface area (Å²) in [5, 5.41) is 3.01. The molecular weight excluding hydrogens is 347 g/mol. The lowest BCUT2D eigenvalue weighted by molar-refractivity contribution is -0.122. The molecule has 1 saturated heterocycles. The van der Waals surface area contributed by atoms with E-state index >= 15 is 0 Å². The lowest BCUT2D eigenvalue weighted by Gasteiger charge is -2.17. The molecule has 2 aromatic rings. The molecule has 3 rings (SSSR count). The molecule has 2 aromatic carbocycles. The lowest BCUT2D eigenvalue weighted by Crippen LogP contribution is -2.35. The monoisotopic (exact) mass is 372 g/mol. The molecule has 1 N–H and O–H groups in total. The SMILES string of the molecule is CC(C(=O)NCCN1CCCC1)c1cccc(Oc2cccc(OF)c2)c1. The van der Waals surface area contributed by atoms with E-state index in [0.717, 1.165) is 25.2 Å². The van der Waals surface area contributed by atoms with Crippen molar-refractivity contribution in [1.29, 1.82) is 0 Å². The van der Waals surface area contributed by atoms with Gasteiger partial charge in [-0.05, 0) is 62.7 Å². The van der Waals surface area contributed by atoms with Crippen molar-refractivity contribution in [3.63, 3.8) is 0 Å². The molecule has 1 heterocycles. The molecule has 0 aliphatic carbocycles. The average molecular weight is 372 g/mol. The first-order valence-corrected chi connectivity index (χ1v) is 9.32. The van der Waals surface area contributed by atoms with Gasteiger partial charge in [0.2, 0.25) is 5.91 Å². The van der Waals surface area contributed by atoms with Crippen molar-refractivity contribution in [1.82, 2.24) is 10.2 Å². The van der Waals surface area contributed by atoms with Crippen LogP contribution in [-0.4, -0.2) is 37.0 Å². The molecule has 0 radical (unpaired) electrons. The Kier molecular flexibility index (Phi) is 6.65. The highest BCUT2D eigenvalue weighted by Crippen LogP contribution is 2.28. The number of halogens is 1. The van der Waals surface area contributed by atoms with Crippen LogP contribution in [0.25, 0.3) is 0 Å². The molecule has 5 nitrogen and oxygen atoms in total. The molecule has 1 atom stereocenters. The van der Waals surface area contributed by atoms with Crippen LogP contribution in [0.2, 0.25) is 0 Å². The van der Waals surface area contributed by atoms with Gasteiger partial charge < -0.3 is 15.0 Å². The number of carbonyl (C=O) groups excluding carboxylic acids is 1. The predicted octanol–water partition coefficient (Wildman–Crippen LogP) is 4.06. The van der Waals surface area contributed by atoms with Gasteiger partial charge in [0.15, 0.2) is 5.75 Å². The zero-order valence-electron chi connectivity index (χ0n) is 15.5. The van der Waals surface area contributed by atoms with Gasteiger partial charge in [-0.25, -0.2) is 0 Å². The smallest absolute Gasteiger partial charge is 0.227 e. The third-order valence-corrected chi connectivity index (χ3v) is 4.81. The number of benzene rings is 2. The van der Waals surface area contributed by atoms with Crippen LogP contribution in [0.5, 0.6) is 17.2 Å². The summed E-state index contributed by atoms with van der Waals surface area (Å²) >= 11 is 0. The highest BCUT2D eigenvalue weighted by atomic mass is 19.3. The Labute approximate surface area is 159 Å². The van der Waals surface area contributed by atoms with E-state index < -0.39 is 0 Å². The Bertz CT molecular complexity index is 763. The van der Waals surface area contributed by atoms with Crippen molar-refractivity contribution in [3.05, 3.63) is 54.1 Å². The van der Waals surface area contributed by atoms with Crippen molar-refractivity contribution in [2.24, 2.45) is 0 Å². The molecular formula is C21H25FN2O3. The zero-order valence-corrected chi connectivity index (χ0v) is 15.5. The first-order chi connectivity index (χ1) is 13.2. The van der Waals surface area contributed by atoms with Crippen LogP contribution in [0.15, 0.2) is 48.5 Å². The van der Waals surface area contributed by atoms with Crippen LogP contribution in [0.3, 0.4) is 0 Å². The number of likely N-dealkylation sites (tertiary alicyclic amines) is 1. The maximum atomic E-state index is 12.4. The van der Waals surface area contributed by atoms with Gasteiger partial charge in [-0.3, -0.25) is 9.74 Å². The Morgan fingerprint density at radius 3 is 2.52 bits per heavy atom. The van der Waals surface area contributed by atoms with E-state index in [0.29, 0.717) is 18.0 Å². The van der Waals surface area contributed by atoms with E-state index in [9.17, 15) is 9.32 Å². The second-order valence-electron chi connectivity index (χ2n) is 6.79. The van der Waals surface area contributed by atoms with Crippen molar-refractivity contribution < 1.29 is 19.0 Å². The maximum Gasteiger partial charge on any atom is 0.227 e. The number of hydrogen-bond donors (Lipinski definition) is 1. The van der Waals surface area contributed by atoms with Crippen molar-refractivity contribution in [2.45, 2.75) is 25.7 Å². The minimum atomic E-state index is -0.285. The zero-order chi connectivity index (χ0) is 19.1. The first-order valence-electron chi connectivity index (χ1n) is 9.32. The molecule has 1 amide bonds. The van der Waals surface area contributed by atoms with Crippen LogP contribution in [0.4, 0.5) is 4.53 Å². The van der Waals surface area contributed by atoms with Crippen LogP contribution < -0.4 is 15.0 Å². The number of rotatable bonds is 8. The highest BCUT2D eigenvalue weighted by Gasteiger charge is 2.17. The predicted molar refractivity (Wildman–Crippen MR) is 102 cm³/mol. The van der Waals surface area contributed by atoms with Gasteiger partial charge in [0.25, 0.3) is 0 Å². The fourth-order valence-electron chi connectivity index (χ4n) is 3.22. The Morgan fingerprint density at radius 1 is 1.11 bits per heavy atom. The van der Waals surface area contributed by atoms with Crippen molar-refractivity contribution in [3.8, 4) is 17.2 Å². The highest BCUT2D eigenvalue weighted by molar-refractivity contribution is 5.83. The van der Waals surface area contributed by atoms with Gasteiger partial charge in [0.1, 0.15) is 11.5 Å². The van der Waals surface area contributed by atoms with E-state index in [2.05, 4.69) is 15.2 Å². The summed E-state index contributed by atoms with van der Waals surface area (Å²) in [5.74, 6) is 0.839. The number of carbonyl (C=O) groups is 1. The van der Waals surface area contributed by atoms with Gasteiger partial charge in [-0.15, -0.1) is 0 Å². The normalized spacial score (nSPS) is 15.3. The summed E-state index contributed by atoms with van der Waals surface area (Å²) in [6.07, 6.45) is 2.50. The molecule has 144 valence electrons. The molecule has 1 aliphatic heterocycles. The minimum Gasteiger partial charge on any atom is -0.457 e. The van der Waals surface area contributed by atoms with Crippen molar-refractivity contribution >= 4 is 5.91 Å². The third kappa shape index (κ3) is 5.44. The quantitative estimate of drug-likeness (QED) is 0.759. The maximum absolute atomic E-state index is 12.4. The fraction of sp³-hybridized carbons (Fsp3) is 0.381. The number of nitrogens with zero attached hydrogens (tertiary/aromatic N) is 1. The number of nitrogens with one attached hydrogen (secondary N) is 1. The largest absolute Gasteiger partial charge is 0.457 e. The molecule has 0 saturated carbocycles. The Morgan fingerprint density at radius 2 is 1.78 bits per heavy atom. The Hall–Kier alpha value is -2.60.